The second-order valence-corrected chi connectivity index (χ2v) is 8.90. The predicted octanol–water partition coefficient (Wildman–Crippen LogP) is 5.51. The van der Waals surface area contributed by atoms with Crippen molar-refractivity contribution in [2.45, 2.75) is 59.2 Å². The van der Waals surface area contributed by atoms with Gasteiger partial charge in [-0.2, -0.15) is 0 Å². The molecule has 2 atom stereocenters. The van der Waals surface area contributed by atoms with Crippen LogP contribution in [0.25, 0.3) is 0 Å². The summed E-state index contributed by atoms with van der Waals surface area (Å²) >= 11 is 9.37. The normalized spacial score (nSPS) is 12.7. The maximum absolute atomic E-state index is 13.2. The van der Waals surface area contributed by atoms with Crippen LogP contribution in [-0.4, -0.2) is 35.4 Å². The van der Waals surface area contributed by atoms with Gasteiger partial charge in [0.25, 0.3) is 5.91 Å². The SMILES string of the molecule is CC[C@@H](C)NC(=O)[C@H](CC)N(Cc1ccc(C)cc1)C(=O)COc1ccc(Cl)cc1Br. The molecule has 0 unspecified atom stereocenters. The van der Waals surface area contributed by atoms with Gasteiger partial charge in [0.2, 0.25) is 5.91 Å². The third kappa shape index (κ3) is 7.54. The molecule has 0 aliphatic rings. The van der Waals surface area contributed by atoms with Crippen molar-refractivity contribution in [2.24, 2.45) is 0 Å². The highest BCUT2D eigenvalue weighted by Gasteiger charge is 2.29. The van der Waals surface area contributed by atoms with Crippen LogP contribution in [0.2, 0.25) is 5.02 Å². The Balaban J connectivity index is 2.22. The van der Waals surface area contributed by atoms with E-state index in [4.69, 9.17) is 16.3 Å². The summed E-state index contributed by atoms with van der Waals surface area (Å²) in [6.45, 7) is 8.04. The number of nitrogens with one attached hydrogen (secondary N) is 1. The van der Waals surface area contributed by atoms with Gasteiger partial charge in [-0.25, -0.2) is 0 Å². The third-order valence-corrected chi connectivity index (χ3v) is 5.96. The van der Waals surface area contributed by atoms with Crippen LogP contribution in [0.5, 0.6) is 5.75 Å². The number of amides is 2. The first-order valence-corrected chi connectivity index (χ1v) is 11.6. The first-order chi connectivity index (χ1) is 14.7. The average Bonchev–Trinajstić information content (AvgIpc) is 2.74. The maximum atomic E-state index is 13.2. The van der Waals surface area contributed by atoms with Crippen LogP contribution >= 0.6 is 27.5 Å². The molecule has 7 heteroatoms. The van der Waals surface area contributed by atoms with E-state index >= 15 is 0 Å². The van der Waals surface area contributed by atoms with Gasteiger partial charge < -0.3 is 15.0 Å². The highest BCUT2D eigenvalue weighted by atomic mass is 79.9. The minimum Gasteiger partial charge on any atom is -0.483 e. The van der Waals surface area contributed by atoms with Crippen LogP contribution in [0.3, 0.4) is 0 Å². The van der Waals surface area contributed by atoms with E-state index < -0.39 is 6.04 Å². The zero-order valence-corrected chi connectivity index (χ0v) is 20.8. The molecule has 2 aromatic rings. The zero-order valence-electron chi connectivity index (χ0n) is 18.5. The van der Waals surface area contributed by atoms with E-state index in [1.807, 2.05) is 52.0 Å². The number of nitrogens with zero attached hydrogens (tertiary/aromatic N) is 1. The van der Waals surface area contributed by atoms with Crippen LogP contribution in [-0.2, 0) is 16.1 Å². The van der Waals surface area contributed by atoms with Crippen molar-refractivity contribution in [1.82, 2.24) is 10.2 Å². The van der Waals surface area contributed by atoms with E-state index in [1.54, 1.807) is 23.1 Å². The molecule has 0 aliphatic heterocycles. The Kier molecular flexibility index (Phi) is 9.85. The number of rotatable bonds is 10. The molecular formula is C24H30BrClN2O3. The smallest absolute Gasteiger partial charge is 0.261 e. The van der Waals surface area contributed by atoms with Gasteiger partial charge in [0, 0.05) is 17.6 Å². The Labute approximate surface area is 198 Å². The number of carbonyl (C=O) groups excluding carboxylic acids is 2. The summed E-state index contributed by atoms with van der Waals surface area (Å²) in [6, 6.07) is 12.5. The predicted molar refractivity (Wildman–Crippen MR) is 128 cm³/mol. The molecule has 0 radical (unpaired) electrons. The second-order valence-electron chi connectivity index (χ2n) is 7.61. The lowest BCUT2D eigenvalue weighted by Crippen LogP contribution is -2.51. The van der Waals surface area contributed by atoms with Gasteiger partial charge in [0.1, 0.15) is 11.8 Å². The van der Waals surface area contributed by atoms with Crippen molar-refractivity contribution >= 4 is 39.3 Å². The molecule has 0 bridgehead atoms. The Hall–Kier alpha value is -2.05. The molecular weight excluding hydrogens is 480 g/mol. The number of hydrogen-bond donors (Lipinski definition) is 1. The molecule has 0 aliphatic carbocycles. The highest BCUT2D eigenvalue weighted by molar-refractivity contribution is 9.10. The van der Waals surface area contributed by atoms with Crippen LogP contribution in [0, 0.1) is 6.92 Å². The van der Waals surface area contributed by atoms with Crippen molar-refractivity contribution in [2.75, 3.05) is 6.61 Å². The molecule has 5 nitrogen and oxygen atoms in total. The van der Waals surface area contributed by atoms with Crippen molar-refractivity contribution in [1.29, 1.82) is 0 Å². The molecule has 0 heterocycles. The molecule has 0 saturated heterocycles. The Morgan fingerprint density at radius 1 is 1.13 bits per heavy atom. The van der Waals surface area contributed by atoms with Crippen LogP contribution in [0.15, 0.2) is 46.9 Å². The monoisotopic (exact) mass is 508 g/mol. The van der Waals surface area contributed by atoms with E-state index in [-0.39, 0.29) is 24.5 Å². The largest absolute Gasteiger partial charge is 0.483 e. The lowest BCUT2D eigenvalue weighted by Gasteiger charge is -2.31. The summed E-state index contributed by atoms with van der Waals surface area (Å²) in [5.74, 6) is 0.115. The van der Waals surface area contributed by atoms with Gasteiger partial charge in [-0.15, -0.1) is 0 Å². The molecule has 0 spiro atoms. The Morgan fingerprint density at radius 2 is 1.81 bits per heavy atom. The summed E-state index contributed by atoms with van der Waals surface area (Å²) < 4.78 is 6.41. The quantitative estimate of drug-likeness (QED) is 0.459. The number of hydrogen-bond acceptors (Lipinski definition) is 3. The van der Waals surface area contributed by atoms with Gasteiger partial charge in [-0.05, 0) is 66.4 Å². The van der Waals surface area contributed by atoms with Gasteiger partial charge in [-0.1, -0.05) is 55.3 Å². The summed E-state index contributed by atoms with van der Waals surface area (Å²) in [4.78, 5) is 27.7. The molecule has 2 aromatic carbocycles. The fraction of sp³-hybridized carbons (Fsp3) is 0.417. The first kappa shape index (κ1) is 25.2. The number of carbonyl (C=O) groups is 2. The molecule has 2 rings (SSSR count). The maximum Gasteiger partial charge on any atom is 0.261 e. The number of aryl methyl sites for hydroxylation is 1. The topological polar surface area (TPSA) is 58.6 Å². The first-order valence-electron chi connectivity index (χ1n) is 10.5. The molecule has 1 N–H and O–H groups in total. The lowest BCUT2D eigenvalue weighted by molar-refractivity contribution is -0.143. The number of halogens is 2. The minimum absolute atomic E-state index is 0.0409. The molecule has 0 fully saturated rings. The van der Waals surface area contributed by atoms with Gasteiger partial charge >= 0.3 is 0 Å². The van der Waals surface area contributed by atoms with E-state index in [0.29, 0.717) is 28.2 Å². The van der Waals surface area contributed by atoms with E-state index in [0.717, 1.165) is 17.5 Å². The van der Waals surface area contributed by atoms with Crippen molar-refractivity contribution in [3.63, 3.8) is 0 Å². The Bertz CT molecular complexity index is 889. The lowest BCUT2D eigenvalue weighted by atomic mass is 10.1. The minimum atomic E-state index is -0.583. The van der Waals surface area contributed by atoms with Crippen LogP contribution in [0.1, 0.15) is 44.7 Å². The highest BCUT2D eigenvalue weighted by Crippen LogP contribution is 2.28. The standard InChI is InChI=1S/C24H30BrClN2O3/c1-5-17(4)27-24(30)21(6-2)28(14-18-9-7-16(3)8-10-18)23(29)15-31-22-12-11-19(26)13-20(22)25/h7-13,17,21H,5-6,14-15H2,1-4H3,(H,27,30)/t17-,21+/m1/s1. The van der Waals surface area contributed by atoms with Crippen molar-refractivity contribution in [3.05, 3.63) is 63.1 Å². The molecule has 168 valence electrons. The average molecular weight is 510 g/mol. The van der Waals surface area contributed by atoms with E-state index in [2.05, 4.69) is 21.2 Å². The van der Waals surface area contributed by atoms with E-state index in [1.165, 1.54) is 0 Å². The summed E-state index contributed by atoms with van der Waals surface area (Å²) in [7, 11) is 0. The fourth-order valence-corrected chi connectivity index (χ4v) is 3.86. The van der Waals surface area contributed by atoms with Crippen molar-refractivity contribution < 1.29 is 14.3 Å². The number of benzene rings is 2. The molecule has 0 aromatic heterocycles. The molecule has 2 amide bonds. The zero-order chi connectivity index (χ0) is 23.0. The van der Waals surface area contributed by atoms with Crippen LogP contribution in [0.4, 0.5) is 0 Å². The summed E-state index contributed by atoms with van der Waals surface area (Å²) in [6.07, 6.45) is 1.33. The second kappa shape index (κ2) is 12.1. The summed E-state index contributed by atoms with van der Waals surface area (Å²) in [5, 5.41) is 3.57. The van der Waals surface area contributed by atoms with E-state index in [9.17, 15) is 9.59 Å². The summed E-state index contributed by atoms with van der Waals surface area (Å²) in [5.41, 5.74) is 2.10. The fourth-order valence-electron chi connectivity index (χ4n) is 3.07. The van der Waals surface area contributed by atoms with Crippen LogP contribution < -0.4 is 10.1 Å². The number of ether oxygens (including phenoxy) is 1. The third-order valence-electron chi connectivity index (χ3n) is 5.11. The van der Waals surface area contributed by atoms with Gasteiger partial charge in [0.15, 0.2) is 6.61 Å². The van der Waals surface area contributed by atoms with Crippen molar-refractivity contribution in [3.8, 4) is 5.75 Å². The Morgan fingerprint density at radius 3 is 2.39 bits per heavy atom. The molecule has 31 heavy (non-hydrogen) atoms. The van der Waals surface area contributed by atoms with Gasteiger partial charge in [0.05, 0.1) is 4.47 Å². The van der Waals surface area contributed by atoms with Gasteiger partial charge in [-0.3, -0.25) is 9.59 Å². The molecule has 0 saturated carbocycles.